The molecule has 0 bridgehead atoms. The molecule has 244 valence electrons. The molecule has 1 unspecified atom stereocenters. The molecule has 0 aliphatic carbocycles. The summed E-state index contributed by atoms with van der Waals surface area (Å²) in [6, 6.07) is 18.0. The van der Waals surface area contributed by atoms with Gasteiger partial charge in [-0.25, -0.2) is 24.7 Å². The monoisotopic (exact) mass is 645 g/mol. The van der Waals surface area contributed by atoms with Crippen molar-refractivity contribution in [2.75, 3.05) is 24.4 Å². The number of fused-ring (bicyclic) bond motifs is 2. The van der Waals surface area contributed by atoms with Crippen LogP contribution in [-0.4, -0.2) is 53.7 Å². The smallest absolute Gasteiger partial charge is 0.339 e. The molecule has 2 aromatic carbocycles. The van der Waals surface area contributed by atoms with Crippen molar-refractivity contribution in [2.24, 2.45) is 0 Å². The molecular formula is C35H35N9O4. The van der Waals surface area contributed by atoms with Gasteiger partial charge in [0, 0.05) is 18.5 Å². The largest absolute Gasteiger partial charge is 0.465 e. The summed E-state index contributed by atoms with van der Waals surface area (Å²) >= 11 is 0. The lowest BCUT2D eigenvalue weighted by molar-refractivity contribution is -0.0298. The Morgan fingerprint density at radius 3 is 2.67 bits per heavy atom. The number of carbonyl (C=O) groups excluding carboxylic acids is 1. The van der Waals surface area contributed by atoms with Gasteiger partial charge in [-0.15, -0.1) is 0 Å². The average Bonchev–Trinajstić information content (AvgIpc) is 3.58. The Bertz CT molecular complexity index is 2120. The third-order valence-electron chi connectivity index (χ3n) is 8.50. The zero-order chi connectivity index (χ0) is 33.0. The second-order valence-electron chi connectivity index (χ2n) is 11.5. The molecule has 13 heteroatoms. The van der Waals surface area contributed by atoms with Gasteiger partial charge in [0.15, 0.2) is 17.0 Å². The molecule has 1 fully saturated rings. The van der Waals surface area contributed by atoms with E-state index in [0.717, 1.165) is 19.3 Å². The summed E-state index contributed by atoms with van der Waals surface area (Å²) in [5, 5.41) is 7.34. The van der Waals surface area contributed by atoms with E-state index in [4.69, 9.17) is 14.5 Å². The summed E-state index contributed by atoms with van der Waals surface area (Å²) in [7, 11) is 1.33. The summed E-state index contributed by atoms with van der Waals surface area (Å²) in [6.07, 6.45) is 8.27. The molecule has 1 aliphatic rings. The van der Waals surface area contributed by atoms with Crippen LogP contribution in [0.2, 0.25) is 0 Å². The van der Waals surface area contributed by atoms with Crippen molar-refractivity contribution in [3.05, 3.63) is 107 Å². The number of methoxy groups -OCH3 is 1. The van der Waals surface area contributed by atoms with Crippen LogP contribution in [0.25, 0.3) is 27.8 Å². The number of esters is 1. The van der Waals surface area contributed by atoms with Crippen molar-refractivity contribution in [1.82, 2.24) is 34.1 Å². The standard InChI is InChI=1S/C35H35N9O4/c1-3-25(41-31-30-33(39-20-38-31)43(21-40-30)28-14-7-8-17-48-28)32-42-27-13-9-12-26(29(27)34(45)44(32)24-10-5-4-6-11-24)37-19-23-16-15-22(18-36-23)35(46)47-2/h4-6,9-13,15-16,18,20-21,25,28,37H,3,7-8,14,17,19H2,1-2H3,(H,38,39,41)/t25-,28?/m0/s1. The van der Waals surface area contributed by atoms with Gasteiger partial charge in [-0.05, 0) is 62.1 Å². The molecule has 13 nitrogen and oxygen atoms in total. The molecule has 0 amide bonds. The number of carbonyl (C=O) groups is 1. The number of pyridine rings is 1. The van der Waals surface area contributed by atoms with Crippen LogP contribution in [0.4, 0.5) is 11.5 Å². The first-order valence-electron chi connectivity index (χ1n) is 16.0. The fourth-order valence-corrected chi connectivity index (χ4v) is 6.03. The normalized spacial score (nSPS) is 15.3. The Morgan fingerprint density at radius 2 is 1.92 bits per heavy atom. The Kier molecular flexibility index (Phi) is 8.75. The predicted octanol–water partition coefficient (Wildman–Crippen LogP) is 5.58. The van der Waals surface area contributed by atoms with Crippen molar-refractivity contribution in [3.63, 3.8) is 0 Å². The number of nitrogens with one attached hydrogen (secondary N) is 2. The molecule has 4 aromatic heterocycles. The molecule has 0 saturated carbocycles. The molecule has 1 aliphatic heterocycles. The third kappa shape index (κ3) is 5.95. The molecule has 0 radical (unpaired) electrons. The van der Waals surface area contributed by atoms with Gasteiger partial charge in [0.05, 0.1) is 53.9 Å². The lowest BCUT2D eigenvalue weighted by atomic mass is 10.1. The number of hydrogen-bond acceptors (Lipinski definition) is 11. The highest BCUT2D eigenvalue weighted by atomic mass is 16.5. The summed E-state index contributed by atoms with van der Waals surface area (Å²) in [5.74, 6) is 0.642. The number of aromatic nitrogens is 7. The van der Waals surface area contributed by atoms with Crippen molar-refractivity contribution in [1.29, 1.82) is 0 Å². The lowest BCUT2D eigenvalue weighted by Gasteiger charge is -2.24. The average molecular weight is 646 g/mol. The van der Waals surface area contributed by atoms with Crippen LogP contribution in [0.15, 0.2) is 84.3 Å². The maximum absolute atomic E-state index is 14.5. The van der Waals surface area contributed by atoms with Crippen molar-refractivity contribution in [2.45, 2.75) is 51.4 Å². The van der Waals surface area contributed by atoms with E-state index in [0.29, 0.717) is 75.9 Å². The maximum Gasteiger partial charge on any atom is 0.339 e. The minimum atomic E-state index is -0.452. The van der Waals surface area contributed by atoms with Crippen LogP contribution in [0, 0.1) is 0 Å². The van der Waals surface area contributed by atoms with Crippen LogP contribution in [0.5, 0.6) is 0 Å². The molecular weight excluding hydrogens is 610 g/mol. The number of anilines is 2. The van der Waals surface area contributed by atoms with Crippen molar-refractivity contribution >= 4 is 39.5 Å². The number of hydrogen-bond donors (Lipinski definition) is 2. The minimum absolute atomic E-state index is 0.114. The summed E-state index contributed by atoms with van der Waals surface area (Å²) < 4.78 is 14.4. The quantitative estimate of drug-likeness (QED) is 0.180. The van der Waals surface area contributed by atoms with Crippen LogP contribution in [0.3, 0.4) is 0 Å². The summed E-state index contributed by atoms with van der Waals surface area (Å²) in [6.45, 7) is 3.07. The summed E-state index contributed by atoms with van der Waals surface area (Å²) in [4.78, 5) is 49.6. The van der Waals surface area contributed by atoms with Gasteiger partial charge in [0.25, 0.3) is 5.56 Å². The molecule has 5 heterocycles. The highest BCUT2D eigenvalue weighted by Gasteiger charge is 2.25. The van der Waals surface area contributed by atoms with Gasteiger partial charge in [0.2, 0.25) is 0 Å². The number of imidazole rings is 1. The number of ether oxygens (including phenoxy) is 2. The molecule has 6 aromatic rings. The van der Waals surface area contributed by atoms with Crippen molar-refractivity contribution < 1.29 is 14.3 Å². The van der Waals surface area contributed by atoms with Gasteiger partial charge in [-0.3, -0.25) is 18.9 Å². The van der Waals surface area contributed by atoms with E-state index in [2.05, 4.69) is 30.6 Å². The van der Waals surface area contributed by atoms with E-state index < -0.39 is 12.0 Å². The first-order valence-corrected chi connectivity index (χ1v) is 16.0. The van der Waals surface area contributed by atoms with Gasteiger partial charge in [-0.1, -0.05) is 31.2 Å². The number of benzene rings is 2. The SMILES string of the molecule is CC[C@H](Nc1ncnc2c1ncn2C1CCCCO1)c1nc2cccc(NCc3ccc(C(=O)OC)cn3)c2c(=O)n1-c1ccccc1. The zero-order valence-corrected chi connectivity index (χ0v) is 26.7. The number of para-hydroxylation sites is 1. The van der Waals surface area contributed by atoms with Crippen LogP contribution < -0.4 is 16.2 Å². The van der Waals surface area contributed by atoms with Gasteiger partial charge >= 0.3 is 5.97 Å². The molecule has 1 saturated heterocycles. The van der Waals surface area contributed by atoms with Crippen LogP contribution in [0.1, 0.15) is 66.8 Å². The van der Waals surface area contributed by atoms with E-state index in [1.54, 1.807) is 23.0 Å². The number of rotatable bonds is 10. The fraction of sp³-hybridized carbons (Fsp3) is 0.286. The Hall–Kier alpha value is -5.69. The molecule has 7 rings (SSSR count). The lowest BCUT2D eigenvalue weighted by Crippen LogP contribution is -2.29. The van der Waals surface area contributed by atoms with Crippen LogP contribution >= 0.6 is 0 Å². The molecule has 2 atom stereocenters. The topological polar surface area (TPSA) is 151 Å². The van der Waals surface area contributed by atoms with E-state index in [-0.39, 0.29) is 11.8 Å². The molecule has 2 N–H and O–H groups in total. The minimum Gasteiger partial charge on any atom is -0.465 e. The van der Waals surface area contributed by atoms with E-state index in [1.807, 2.05) is 60.0 Å². The Morgan fingerprint density at radius 1 is 1.04 bits per heavy atom. The van der Waals surface area contributed by atoms with Crippen LogP contribution in [-0.2, 0) is 16.0 Å². The first kappa shape index (κ1) is 30.9. The molecule has 0 spiro atoms. The highest BCUT2D eigenvalue weighted by molar-refractivity contribution is 5.91. The second kappa shape index (κ2) is 13.6. The molecule has 48 heavy (non-hydrogen) atoms. The third-order valence-corrected chi connectivity index (χ3v) is 8.50. The highest BCUT2D eigenvalue weighted by Crippen LogP contribution is 2.31. The van der Waals surface area contributed by atoms with Gasteiger partial charge < -0.3 is 20.1 Å². The Balaban J connectivity index is 1.26. The zero-order valence-electron chi connectivity index (χ0n) is 26.7. The van der Waals surface area contributed by atoms with E-state index in [1.165, 1.54) is 19.6 Å². The first-order chi connectivity index (χ1) is 23.6. The van der Waals surface area contributed by atoms with Gasteiger partial charge in [0.1, 0.15) is 18.4 Å². The fourth-order valence-electron chi connectivity index (χ4n) is 6.03. The maximum atomic E-state index is 14.5. The van der Waals surface area contributed by atoms with Crippen molar-refractivity contribution in [3.8, 4) is 5.69 Å². The Labute approximate surface area is 276 Å². The summed E-state index contributed by atoms with van der Waals surface area (Å²) in [5.41, 5.74) is 4.00. The van der Waals surface area contributed by atoms with Gasteiger partial charge in [-0.2, -0.15) is 0 Å². The second-order valence-corrected chi connectivity index (χ2v) is 11.5. The predicted molar refractivity (Wildman–Crippen MR) is 181 cm³/mol. The number of nitrogens with zero attached hydrogens (tertiary/aromatic N) is 7. The van der Waals surface area contributed by atoms with E-state index >= 15 is 0 Å². The van der Waals surface area contributed by atoms with E-state index in [9.17, 15) is 9.59 Å².